The van der Waals surface area contributed by atoms with E-state index in [2.05, 4.69) is 10.6 Å². The number of para-hydroxylation sites is 1. The number of rotatable bonds is 6. The summed E-state index contributed by atoms with van der Waals surface area (Å²) in [5, 5.41) is 4.68. The largest absolute Gasteiger partial charge is 0.482 e. The Morgan fingerprint density at radius 3 is 2.51 bits per heavy atom. The minimum absolute atomic E-state index is 0.0212. The summed E-state index contributed by atoms with van der Waals surface area (Å²) in [7, 11) is 0. The lowest BCUT2D eigenvalue weighted by Crippen LogP contribution is -2.54. The van der Waals surface area contributed by atoms with Gasteiger partial charge in [-0.15, -0.1) is 0 Å². The first-order valence-corrected chi connectivity index (χ1v) is 11.5. The van der Waals surface area contributed by atoms with Gasteiger partial charge in [-0.2, -0.15) is 0 Å². The number of carbonyl (C=O) groups is 4. The third-order valence-electron chi connectivity index (χ3n) is 5.62. The van der Waals surface area contributed by atoms with Crippen molar-refractivity contribution in [2.75, 3.05) is 16.8 Å². The van der Waals surface area contributed by atoms with Crippen molar-refractivity contribution in [3.05, 3.63) is 93.8 Å². The molecule has 0 spiro atoms. The van der Waals surface area contributed by atoms with Crippen LogP contribution in [0.2, 0.25) is 5.02 Å². The van der Waals surface area contributed by atoms with Crippen molar-refractivity contribution in [1.82, 2.24) is 5.32 Å². The molecule has 10 heteroatoms. The zero-order valence-electron chi connectivity index (χ0n) is 19.8. The summed E-state index contributed by atoms with van der Waals surface area (Å²) in [5.41, 5.74) is 2.35. The molecule has 5 amide bonds. The maximum absolute atomic E-state index is 13.7. The van der Waals surface area contributed by atoms with E-state index >= 15 is 0 Å². The predicted molar refractivity (Wildman–Crippen MR) is 137 cm³/mol. The third kappa shape index (κ3) is 5.68. The smallest absolute Gasteiger partial charge is 0.335 e. The highest BCUT2D eigenvalue weighted by molar-refractivity contribution is 6.39. The Morgan fingerprint density at radius 2 is 1.81 bits per heavy atom. The van der Waals surface area contributed by atoms with Crippen LogP contribution in [0.5, 0.6) is 5.75 Å². The molecule has 1 aliphatic rings. The normalized spacial score (nSPS) is 14.5. The number of anilines is 2. The lowest BCUT2D eigenvalue weighted by Gasteiger charge is -2.26. The molecule has 3 aromatic carbocycles. The fourth-order valence-electron chi connectivity index (χ4n) is 3.54. The van der Waals surface area contributed by atoms with Crippen LogP contribution in [0.25, 0.3) is 6.08 Å². The fraction of sp³-hybridized carbons (Fsp3) is 0.111. The van der Waals surface area contributed by atoms with E-state index in [0.29, 0.717) is 11.3 Å². The molecule has 1 aliphatic heterocycles. The molecular formula is C27H21ClFN3O5. The van der Waals surface area contributed by atoms with Crippen LogP contribution in [0, 0.1) is 19.7 Å². The molecule has 0 aliphatic carbocycles. The Morgan fingerprint density at radius 1 is 1.05 bits per heavy atom. The molecule has 3 aromatic rings. The molecule has 188 valence electrons. The van der Waals surface area contributed by atoms with Gasteiger partial charge in [0.15, 0.2) is 6.61 Å². The van der Waals surface area contributed by atoms with Gasteiger partial charge in [0.2, 0.25) is 0 Å². The van der Waals surface area contributed by atoms with Crippen LogP contribution in [0.3, 0.4) is 0 Å². The molecule has 1 fully saturated rings. The van der Waals surface area contributed by atoms with Gasteiger partial charge in [0.25, 0.3) is 17.7 Å². The second-order valence-electron chi connectivity index (χ2n) is 8.23. The Kier molecular flexibility index (Phi) is 7.35. The number of hydrogen-bond acceptors (Lipinski definition) is 5. The summed E-state index contributed by atoms with van der Waals surface area (Å²) in [6, 6.07) is 14.4. The molecule has 0 unspecified atom stereocenters. The second-order valence-corrected chi connectivity index (χ2v) is 8.64. The standard InChI is InChI=1S/C27H21ClFN3O5/c1-15-7-9-18(11-16(15)2)32-26(35)19(25(34)31-27(32)36)12-17-8-10-23(20(28)13-17)37-14-24(33)30-22-6-4-3-5-21(22)29/h3-13H,14H2,1-2H3,(H,30,33)(H,31,34,36)/b19-12-. The van der Waals surface area contributed by atoms with Gasteiger partial charge in [-0.25, -0.2) is 14.1 Å². The van der Waals surface area contributed by atoms with Crippen LogP contribution in [0.15, 0.2) is 66.2 Å². The fourth-order valence-corrected chi connectivity index (χ4v) is 3.78. The maximum atomic E-state index is 13.7. The van der Waals surface area contributed by atoms with E-state index < -0.39 is 36.2 Å². The number of amides is 5. The Labute approximate surface area is 216 Å². The van der Waals surface area contributed by atoms with Crippen molar-refractivity contribution in [3.63, 3.8) is 0 Å². The number of nitrogens with zero attached hydrogens (tertiary/aromatic N) is 1. The zero-order chi connectivity index (χ0) is 26.7. The lowest BCUT2D eigenvalue weighted by molar-refractivity contribution is -0.122. The van der Waals surface area contributed by atoms with Crippen molar-refractivity contribution < 1.29 is 28.3 Å². The van der Waals surface area contributed by atoms with Crippen molar-refractivity contribution in [3.8, 4) is 5.75 Å². The highest BCUT2D eigenvalue weighted by Crippen LogP contribution is 2.28. The quantitative estimate of drug-likeness (QED) is 0.359. The molecule has 4 rings (SSSR count). The van der Waals surface area contributed by atoms with Crippen LogP contribution >= 0.6 is 11.6 Å². The average molecular weight is 522 g/mol. The molecule has 1 heterocycles. The third-order valence-corrected chi connectivity index (χ3v) is 5.92. The first-order valence-electron chi connectivity index (χ1n) is 11.1. The van der Waals surface area contributed by atoms with Gasteiger partial charge in [0, 0.05) is 0 Å². The summed E-state index contributed by atoms with van der Waals surface area (Å²) in [4.78, 5) is 51.0. The van der Waals surface area contributed by atoms with E-state index in [-0.39, 0.29) is 22.0 Å². The summed E-state index contributed by atoms with van der Waals surface area (Å²) in [6.07, 6.45) is 1.30. The predicted octanol–water partition coefficient (Wildman–Crippen LogP) is 4.78. The second kappa shape index (κ2) is 10.6. The van der Waals surface area contributed by atoms with Crippen molar-refractivity contribution in [2.24, 2.45) is 0 Å². The van der Waals surface area contributed by atoms with Gasteiger partial charge >= 0.3 is 6.03 Å². The van der Waals surface area contributed by atoms with E-state index in [1.165, 1.54) is 42.5 Å². The molecule has 1 saturated heterocycles. The number of urea groups is 1. The highest BCUT2D eigenvalue weighted by atomic mass is 35.5. The number of carbonyl (C=O) groups excluding carboxylic acids is 4. The SMILES string of the molecule is Cc1ccc(N2C(=O)NC(=O)/C(=C/c3ccc(OCC(=O)Nc4ccccc4F)c(Cl)c3)C2=O)cc1C. The van der Waals surface area contributed by atoms with Gasteiger partial charge < -0.3 is 10.1 Å². The average Bonchev–Trinajstić information content (AvgIpc) is 2.84. The summed E-state index contributed by atoms with van der Waals surface area (Å²) >= 11 is 6.27. The lowest BCUT2D eigenvalue weighted by atomic mass is 10.0. The molecule has 2 N–H and O–H groups in total. The van der Waals surface area contributed by atoms with Crippen LogP contribution in [-0.2, 0) is 14.4 Å². The van der Waals surface area contributed by atoms with Crippen LogP contribution in [-0.4, -0.2) is 30.4 Å². The van der Waals surface area contributed by atoms with Crippen LogP contribution < -0.4 is 20.3 Å². The van der Waals surface area contributed by atoms with Gasteiger partial charge in [-0.1, -0.05) is 35.9 Å². The molecule has 0 bridgehead atoms. The summed E-state index contributed by atoms with van der Waals surface area (Å²) in [5.74, 6) is -2.62. The molecular weight excluding hydrogens is 501 g/mol. The summed E-state index contributed by atoms with van der Waals surface area (Å²) in [6.45, 7) is 3.32. The Hall–Kier alpha value is -4.50. The number of imide groups is 2. The number of benzene rings is 3. The van der Waals surface area contributed by atoms with Crippen molar-refractivity contribution >= 4 is 52.8 Å². The number of barbiturate groups is 1. The summed E-state index contributed by atoms with van der Waals surface area (Å²) < 4.78 is 19.1. The van der Waals surface area contributed by atoms with Crippen molar-refractivity contribution in [1.29, 1.82) is 0 Å². The molecule has 0 radical (unpaired) electrons. The first-order chi connectivity index (χ1) is 17.6. The monoisotopic (exact) mass is 521 g/mol. The number of aryl methyl sites for hydroxylation is 2. The topological polar surface area (TPSA) is 105 Å². The Balaban J connectivity index is 1.49. The number of hydrogen-bond donors (Lipinski definition) is 2. The maximum Gasteiger partial charge on any atom is 0.335 e. The molecule has 37 heavy (non-hydrogen) atoms. The molecule has 8 nitrogen and oxygen atoms in total. The number of nitrogens with one attached hydrogen (secondary N) is 2. The zero-order valence-corrected chi connectivity index (χ0v) is 20.6. The van der Waals surface area contributed by atoms with E-state index in [9.17, 15) is 23.6 Å². The molecule has 0 atom stereocenters. The Bertz CT molecular complexity index is 1470. The van der Waals surface area contributed by atoms with E-state index in [1.807, 2.05) is 13.8 Å². The van der Waals surface area contributed by atoms with Crippen LogP contribution in [0.4, 0.5) is 20.6 Å². The van der Waals surface area contributed by atoms with E-state index in [1.54, 1.807) is 24.3 Å². The van der Waals surface area contributed by atoms with Gasteiger partial charge in [-0.05, 0) is 73.0 Å². The van der Waals surface area contributed by atoms with Gasteiger partial charge in [0.1, 0.15) is 17.1 Å². The molecule has 0 saturated carbocycles. The van der Waals surface area contributed by atoms with Crippen LogP contribution in [0.1, 0.15) is 16.7 Å². The van der Waals surface area contributed by atoms with E-state index in [4.69, 9.17) is 16.3 Å². The highest BCUT2D eigenvalue weighted by Gasteiger charge is 2.36. The van der Waals surface area contributed by atoms with Crippen molar-refractivity contribution in [2.45, 2.75) is 13.8 Å². The van der Waals surface area contributed by atoms with E-state index in [0.717, 1.165) is 16.0 Å². The number of ether oxygens (including phenoxy) is 1. The minimum Gasteiger partial charge on any atom is -0.482 e. The first kappa shape index (κ1) is 25.6. The van der Waals surface area contributed by atoms with Gasteiger partial charge in [0.05, 0.1) is 16.4 Å². The minimum atomic E-state index is -0.842. The molecule has 0 aromatic heterocycles. The van der Waals surface area contributed by atoms with Gasteiger partial charge in [-0.3, -0.25) is 19.7 Å². The number of halogens is 2.